The first-order valence-corrected chi connectivity index (χ1v) is 9.68. The van der Waals surface area contributed by atoms with E-state index in [0.717, 1.165) is 64.8 Å². The number of ether oxygens (including phenoxy) is 1. The maximum atomic E-state index is 12.5. The van der Waals surface area contributed by atoms with Crippen LogP contribution in [-0.2, 0) is 16.0 Å². The Balaban J connectivity index is 1.35. The quantitative estimate of drug-likeness (QED) is 0.841. The second-order valence-electron chi connectivity index (χ2n) is 7.96. The fraction of sp³-hybridized carbons (Fsp3) is 0.700. The lowest BCUT2D eigenvalue weighted by Crippen LogP contribution is -2.62. The Bertz CT molecular complexity index is 648. The number of pyridine rings is 1. The zero-order chi connectivity index (χ0) is 17.5. The highest BCUT2D eigenvalue weighted by molar-refractivity contribution is 5.89. The molecular formula is C20H29N3O2. The van der Waals surface area contributed by atoms with Gasteiger partial charge in [0.25, 0.3) is 5.91 Å². The fourth-order valence-electron chi connectivity index (χ4n) is 4.37. The highest BCUT2D eigenvalue weighted by Gasteiger charge is 2.61. The minimum atomic E-state index is -0.457. The molecule has 2 spiro atoms. The first-order chi connectivity index (χ1) is 12.1. The summed E-state index contributed by atoms with van der Waals surface area (Å²) in [6.45, 7) is 8.94. The van der Waals surface area contributed by atoms with Gasteiger partial charge in [0, 0.05) is 51.0 Å². The van der Waals surface area contributed by atoms with Gasteiger partial charge in [0.15, 0.2) is 0 Å². The van der Waals surface area contributed by atoms with Gasteiger partial charge in [-0.2, -0.15) is 0 Å². The second-order valence-corrected chi connectivity index (χ2v) is 7.96. The van der Waals surface area contributed by atoms with Gasteiger partial charge in [-0.15, -0.1) is 0 Å². The number of hydrogen-bond acceptors (Lipinski definition) is 4. The van der Waals surface area contributed by atoms with Crippen LogP contribution in [0.3, 0.4) is 0 Å². The molecule has 0 bridgehead atoms. The van der Waals surface area contributed by atoms with E-state index in [1.165, 1.54) is 11.3 Å². The van der Waals surface area contributed by atoms with Gasteiger partial charge in [-0.25, -0.2) is 0 Å². The minimum Gasteiger partial charge on any atom is -0.357 e. The van der Waals surface area contributed by atoms with Crippen LogP contribution >= 0.6 is 0 Å². The average molecular weight is 343 g/mol. The van der Waals surface area contributed by atoms with Gasteiger partial charge in [0.2, 0.25) is 0 Å². The van der Waals surface area contributed by atoms with Crippen LogP contribution in [0.15, 0.2) is 18.3 Å². The summed E-state index contributed by atoms with van der Waals surface area (Å²) in [5.41, 5.74) is 1.91. The molecule has 2 aliphatic heterocycles. The summed E-state index contributed by atoms with van der Waals surface area (Å²) >= 11 is 0. The Hall–Kier alpha value is -1.46. The number of carbonyl (C=O) groups excluding carboxylic acids is 1. The lowest BCUT2D eigenvalue weighted by molar-refractivity contribution is -0.200. The van der Waals surface area contributed by atoms with Crippen molar-refractivity contribution >= 4 is 5.91 Å². The highest BCUT2D eigenvalue weighted by Crippen LogP contribution is 2.49. The number of aryl methyl sites for hydroxylation is 1. The van der Waals surface area contributed by atoms with Crippen molar-refractivity contribution in [2.75, 3.05) is 32.7 Å². The minimum absolute atomic E-state index is 0.113. The number of rotatable bonds is 4. The number of amides is 1. The molecule has 136 valence electrons. The van der Waals surface area contributed by atoms with Gasteiger partial charge in [0.1, 0.15) is 5.60 Å². The Morgan fingerprint density at radius 1 is 1.24 bits per heavy atom. The summed E-state index contributed by atoms with van der Waals surface area (Å²) in [6.07, 6.45) is 6.76. The third-order valence-corrected chi connectivity index (χ3v) is 6.20. The third-order valence-electron chi connectivity index (χ3n) is 6.20. The molecule has 0 radical (unpaired) electrons. The van der Waals surface area contributed by atoms with E-state index in [2.05, 4.69) is 29.8 Å². The highest BCUT2D eigenvalue weighted by atomic mass is 16.5. The average Bonchev–Trinajstić information content (AvgIpc) is 3.39. The number of carbonyl (C=O) groups is 1. The number of aromatic nitrogens is 1. The lowest BCUT2D eigenvalue weighted by Gasteiger charge is -2.50. The van der Waals surface area contributed by atoms with E-state index in [1.54, 1.807) is 0 Å². The molecule has 1 aromatic rings. The molecule has 3 heterocycles. The van der Waals surface area contributed by atoms with Gasteiger partial charge < -0.3 is 14.5 Å². The molecule has 1 aromatic heterocycles. The zero-order valence-electron chi connectivity index (χ0n) is 15.5. The standard InChI is InChI=1S/C20H29N3O2/c1-3-23-15-19(25-20(7-8-20)18(23)24)9-13-22(14-10-19)12-6-17-16(2)5-4-11-21-17/h4-5,11H,3,6-10,12-15H2,1-2H3. The number of hydrogen-bond donors (Lipinski definition) is 0. The Kier molecular flexibility index (Phi) is 4.32. The van der Waals surface area contributed by atoms with Crippen LogP contribution in [0.2, 0.25) is 0 Å². The van der Waals surface area contributed by atoms with Crippen molar-refractivity contribution in [2.24, 2.45) is 0 Å². The molecule has 0 unspecified atom stereocenters. The maximum Gasteiger partial charge on any atom is 0.254 e. The number of likely N-dealkylation sites (tertiary alicyclic amines) is 1. The molecule has 4 rings (SSSR count). The van der Waals surface area contributed by atoms with Crippen LogP contribution in [0.5, 0.6) is 0 Å². The Morgan fingerprint density at radius 3 is 2.64 bits per heavy atom. The van der Waals surface area contributed by atoms with E-state index < -0.39 is 5.60 Å². The van der Waals surface area contributed by atoms with Crippen molar-refractivity contribution in [3.05, 3.63) is 29.6 Å². The molecular weight excluding hydrogens is 314 g/mol. The molecule has 5 heteroatoms. The summed E-state index contributed by atoms with van der Waals surface area (Å²) in [5, 5.41) is 0. The first-order valence-electron chi connectivity index (χ1n) is 9.68. The smallest absolute Gasteiger partial charge is 0.254 e. The molecule has 25 heavy (non-hydrogen) atoms. The van der Waals surface area contributed by atoms with E-state index in [0.29, 0.717) is 0 Å². The van der Waals surface area contributed by atoms with E-state index in [4.69, 9.17) is 4.74 Å². The van der Waals surface area contributed by atoms with Crippen LogP contribution < -0.4 is 0 Å². The molecule has 0 N–H and O–H groups in total. The molecule has 1 aliphatic carbocycles. The van der Waals surface area contributed by atoms with Crippen LogP contribution in [0.25, 0.3) is 0 Å². The van der Waals surface area contributed by atoms with Crippen LogP contribution in [0, 0.1) is 6.92 Å². The zero-order valence-corrected chi connectivity index (χ0v) is 15.5. The number of piperidine rings is 1. The molecule has 1 saturated carbocycles. The molecule has 3 aliphatic rings. The van der Waals surface area contributed by atoms with E-state index >= 15 is 0 Å². The number of likely N-dealkylation sites (N-methyl/N-ethyl adjacent to an activating group) is 1. The molecule has 1 amide bonds. The van der Waals surface area contributed by atoms with Gasteiger partial charge >= 0.3 is 0 Å². The molecule has 5 nitrogen and oxygen atoms in total. The predicted molar refractivity (Wildman–Crippen MR) is 96.4 cm³/mol. The number of nitrogens with zero attached hydrogens (tertiary/aromatic N) is 3. The topological polar surface area (TPSA) is 45.7 Å². The fourth-order valence-corrected chi connectivity index (χ4v) is 4.37. The first kappa shape index (κ1) is 17.0. The maximum absolute atomic E-state index is 12.5. The van der Waals surface area contributed by atoms with Crippen molar-refractivity contribution in [1.29, 1.82) is 0 Å². The largest absolute Gasteiger partial charge is 0.357 e. The van der Waals surface area contributed by atoms with Crippen molar-refractivity contribution in [3.8, 4) is 0 Å². The third kappa shape index (κ3) is 3.20. The summed E-state index contributed by atoms with van der Waals surface area (Å²) in [5.74, 6) is 0.230. The normalized spacial score (nSPS) is 24.9. The van der Waals surface area contributed by atoms with Gasteiger partial charge in [-0.3, -0.25) is 9.78 Å². The van der Waals surface area contributed by atoms with E-state index in [9.17, 15) is 4.79 Å². The number of morpholine rings is 1. The molecule has 0 aromatic carbocycles. The van der Waals surface area contributed by atoms with Crippen LogP contribution in [0.4, 0.5) is 0 Å². The van der Waals surface area contributed by atoms with Gasteiger partial charge in [-0.1, -0.05) is 6.07 Å². The van der Waals surface area contributed by atoms with Crippen LogP contribution in [-0.4, -0.2) is 64.6 Å². The van der Waals surface area contributed by atoms with E-state index in [-0.39, 0.29) is 11.5 Å². The van der Waals surface area contributed by atoms with Crippen molar-refractivity contribution in [3.63, 3.8) is 0 Å². The predicted octanol–water partition coefficient (Wildman–Crippen LogP) is 2.18. The van der Waals surface area contributed by atoms with Crippen molar-refractivity contribution < 1.29 is 9.53 Å². The SMILES string of the molecule is CCN1CC2(CCN(CCc3ncccc3C)CC2)OC2(CC2)C1=O. The Labute approximate surface area is 150 Å². The lowest BCUT2D eigenvalue weighted by atomic mass is 9.87. The molecule has 0 atom stereocenters. The summed E-state index contributed by atoms with van der Waals surface area (Å²) in [4.78, 5) is 21.6. The van der Waals surface area contributed by atoms with Gasteiger partial charge in [0.05, 0.1) is 5.60 Å². The van der Waals surface area contributed by atoms with Crippen LogP contribution in [0.1, 0.15) is 43.9 Å². The van der Waals surface area contributed by atoms with Crippen molar-refractivity contribution in [1.82, 2.24) is 14.8 Å². The monoisotopic (exact) mass is 343 g/mol. The van der Waals surface area contributed by atoms with Gasteiger partial charge in [-0.05, 0) is 51.2 Å². The summed E-state index contributed by atoms with van der Waals surface area (Å²) in [7, 11) is 0. The molecule has 2 saturated heterocycles. The van der Waals surface area contributed by atoms with Crippen molar-refractivity contribution in [2.45, 2.75) is 57.2 Å². The molecule has 3 fully saturated rings. The second kappa shape index (κ2) is 6.36. The van der Waals surface area contributed by atoms with E-state index in [1.807, 2.05) is 17.2 Å². The summed E-state index contributed by atoms with van der Waals surface area (Å²) < 4.78 is 6.46. The summed E-state index contributed by atoms with van der Waals surface area (Å²) in [6, 6.07) is 4.13. The Morgan fingerprint density at radius 2 is 2.00 bits per heavy atom.